The van der Waals surface area contributed by atoms with Gasteiger partial charge in [0.15, 0.2) is 0 Å². The van der Waals surface area contributed by atoms with E-state index in [4.69, 9.17) is 0 Å². The Morgan fingerprint density at radius 1 is 1.33 bits per heavy atom. The number of nitro benzene ring substituents is 1. The summed E-state index contributed by atoms with van der Waals surface area (Å²) in [7, 11) is 0. The van der Waals surface area contributed by atoms with Gasteiger partial charge >= 0.3 is 72.9 Å². The monoisotopic (exact) mass is 229 g/mol. The molecule has 0 saturated heterocycles. The molecular weight excluding hydrogens is 225 g/mol. The Bertz CT molecular complexity index is 439. The molecular formula is C6H3N3O2Se. The number of fused-ring (bicyclic) bond motifs is 1. The molecule has 0 bridgehead atoms. The van der Waals surface area contributed by atoms with Crippen LogP contribution in [0, 0.1) is 10.1 Å². The van der Waals surface area contributed by atoms with E-state index in [1.54, 1.807) is 6.07 Å². The van der Waals surface area contributed by atoms with Gasteiger partial charge < -0.3 is 0 Å². The molecule has 0 amide bonds. The quantitative estimate of drug-likeness (QED) is 0.407. The van der Waals surface area contributed by atoms with Gasteiger partial charge in [-0.1, -0.05) is 0 Å². The molecule has 60 valence electrons. The van der Waals surface area contributed by atoms with Gasteiger partial charge in [0.25, 0.3) is 0 Å². The predicted molar refractivity (Wildman–Crippen MR) is 43.1 cm³/mol. The molecule has 0 aliphatic carbocycles. The molecule has 1 aromatic heterocycles. The molecule has 1 heterocycles. The first-order valence-corrected chi connectivity index (χ1v) is 4.67. The minimum atomic E-state index is -0.429. The van der Waals surface area contributed by atoms with E-state index in [9.17, 15) is 10.1 Å². The van der Waals surface area contributed by atoms with Crippen LogP contribution in [0.3, 0.4) is 0 Å². The molecule has 5 nitrogen and oxygen atoms in total. The van der Waals surface area contributed by atoms with Crippen molar-refractivity contribution in [3.05, 3.63) is 28.3 Å². The van der Waals surface area contributed by atoms with Gasteiger partial charge in [-0.25, -0.2) is 0 Å². The molecule has 6 heteroatoms. The Labute approximate surface area is 73.4 Å². The Balaban J connectivity index is 2.68. The molecule has 0 aliphatic heterocycles. The molecule has 0 fully saturated rings. The zero-order valence-corrected chi connectivity index (χ0v) is 7.51. The Kier molecular flexibility index (Phi) is 1.64. The fraction of sp³-hybridized carbons (Fsp3) is 0. The molecule has 1 aromatic carbocycles. The first-order chi connectivity index (χ1) is 5.77. The zero-order chi connectivity index (χ0) is 8.55. The number of nitrogens with zero attached hydrogens (tertiary/aromatic N) is 3. The average Bonchev–Trinajstić information content (AvgIpc) is 2.49. The molecule has 0 radical (unpaired) electrons. The van der Waals surface area contributed by atoms with E-state index in [0.717, 1.165) is 5.52 Å². The van der Waals surface area contributed by atoms with Crippen molar-refractivity contribution in [2.24, 2.45) is 0 Å². The number of hydrogen-bond acceptors (Lipinski definition) is 4. The fourth-order valence-electron chi connectivity index (χ4n) is 0.884. The predicted octanol–water partition coefficient (Wildman–Crippen LogP) is 0.595. The average molecular weight is 228 g/mol. The Morgan fingerprint density at radius 3 is 2.83 bits per heavy atom. The maximum atomic E-state index is 10.3. The van der Waals surface area contributed by atoms with Crippen molar-refractivity contribution < 1.29 is 4.92 Å². The zero-order valence-electron chi connectivity index (χ0n) is 5.80. The summed E-state index contributed by atoms with van der Waals surface area (Å²) < 4.78 is 8.11. The van der Waals surface area contributed by atoms with Crippen molar-refractivity contribution >= 4 is 31.7 Å². The number of nitro groups is 1. The molecule has 0 spiro atoms. The van der Waals surface area contributed by atoms with Gasteiger partial charge in [-0.2, -0.15) is 0 Å². The van der Waals surface area contributed by atoms with Crippen LogP contribution < -0.4 is 0 Å². The molecule has 0 atom stereocenters. The summed E-state index contributed by atoms with van der Waals surface area (Å²) in [6.45, 7) is 0. The van der Waals surface area contributed by atoms with E-state index in [-0.39, 0.29) is 20.6 Å². The number of hydrogen-bond donors (Lipinski definition) is 0. The Morgan fingerprint density at radius 2 is 2.08 bits per heavy atom. The van der Waals surface area contributed by atoms with Crippen LogP contribution in [0.15, 0.2) is 18.2 Å². The standard InChI is InChI=1S/C6H3N3O2Se/c10-9(11)4-1-2-5-6(3-4)8-12-7-5/h1-3H. The summed E-state index contributed by atoms with van der Waals surface area (Å²) in [6.07, 6.45) is 0. The number of aromatic nitrogens is 2. The first-order valence-electron chi connectivity index (χ1n) is 3.14. The van der Waals surface area contributed by atoms with Crippen molar-refractivity contribution in [2.75, 3.05) is 0 Å². The SMILES string of the molecule is O=[N+]([O-])c1ccc2n[se]nc2c1. The van der Waals surface area contributed by atoms with Crippen LogP contribution in [0.2, 0.25) is 0 Å². The topological polar surface area (TPSA) is 68.9 Å². The van der Waals surface area contributed by atoms with E-state index in [2.05, 4.69) is 7.96 Å². The summed E-state index contributed by atoms with van der Waals surface area (Å²) in [5.41, 5.74) is 1.48. The van der Waals surface area contributed by atoms with Crippen molar-refractivity contribution in [3.63, 3.8) is 0 Å². The molecule has 0 aliphatic rings. The molecule has 2 aromatic rings. The van der Waals surface area contributed by atoms with Gasteiger partial charge in [0.05, 0.1) is 0 Å². The molecule has 0 N–H and O–H groups in total. The third-order valence-corrected chi connectivity index (χ3v) is 2.62. The molecule has 12 heavy (non-hydrogen) atoms. The summed E-state index contributed by atoms with van der Waals surface area (Å²) >= 11 is -0.114. The third kappa shape index (κ3) is 1.11. The van der Waals surface area contributed by atoms with Crippen LogP contribution in [0.1, 0.15) is 0 Å². The summed E-state index contributed by atoms with van der Waals surface area (Å²) in [5, 5.41) is 10.3. The van der Waals surface area contributed by atoms with Crippen LogP contribution >= 0.6 is 0 Å². The molecule has 0 unspecified atom stereocenters. The van der Waals surface area contributed by atoms with Gasteiger partial charge in [0.2, 0.25) is 0 Å². The summed E-state index contributed by atoms with van der Waals surface area (Å²) in [4.78, 5) is 9.91. The fourth-order valence-corrected chi connectivity index (χ4v) is 1.97. The second kappa shape index (κ2) is 2.65. The van der Waals surface area contributed by atoms with Crippen molar-refractivity contribution in [1.29, 1.82) is 0 Å². The van der Waals surface area contributed by atoms with Crippen LogP contribution in [0.5, 0.6) is 0 Å². The van der Waals surface area contributed by atoms with Crippen molar-refractivity contribution in [3.8, 4) is 0 Å². The number of rotatable bonds is 1. The minimum absolute atomic E-state index is 0.0744. The van der Waals surface area contributed by atoms with E-state index in [1.165, 1.54) is 12.1 Å². The Hall–Kier alpha value is -1.26. The molecule has 0 saturated carbocycles. The van der Waals surface area contributed by atoms with Gasteiger partial charge in [0.1, 0.15) is 0 Å². The second-order valence-corrected chi connectivity index (χ2v) is 3.30. The van der Waals surface area contributed by atoms with Gasteiger partial charge in [-0.3, -0.25) is 0 Å². The van der Waals surface area contributed by atoms with Crippen LogP contribution in [0.25, 0.3) is 11.0 Å². The van der Waals surface area contributed by atoms with E-state index in [0.29, 0.717) is 5.52 Å². The third-order valence-electron chi connectivity index (χ3n) is 1.45. The number of benzene rings is 1. The van der Waals surface area contributed by atoms with Gasteiger partial charge in [-0.05, 0) is 0 Å². The molecule has 2 rings (SSSR count). The van der Waals surface area contributed by atoms with E-state index >= 15 is 0 Å². The summed E-state index contributed by atoms with van der Waals surface area (Å²) in [5.74, 6) is 0. The van der Waals surface area contributed by atoms with Crippen LogP contribution in [0.4, 0.5) is 5.69 Å². The van der Waals surface area contributed by atoms with Crippen LogP contribution in [-0.4, -0.2) is 27.8 Å². The maximum absolute atomic E-state index is 10.3. The summed E-state index contributed by atoms with van der Waals surface area (Å²) in [6, 6.07) is 4.53. The van der Waals surface area contributed by atoms with Gasteiger partial charge in [-0.15, -0.1) is 0 Å². The van der Waals surface area contributed by atoms with Crippen LogP contribution in [-0.2, 0) is 0 Å². The van der Waals surface area contributed by atoms with Gasteiger partial charge in [0, 0.05) is 0 Å². The van der Waals surface area contributed by atoms with E-state index in [1.807, 2.05) is 0 Å². The van der Waals surface area contributed by atoms with Crippen molar-refractivity contribution in [1.82, 2.24) is 7.96 Å². The first kappa shape index (κ1) is 7.39. The number of non-ortho nitro benzene ring substituents is 1. The van der Waals surface area contributed by atoms with Crippen molar-refractivity contribution in [2.45, 2.75) is 0 Å². The second-order valence-electron chi connectivity index (χ2n) is 2.19. The van der Waals surface area contributed by atoms with E-state index < -0.39 is 4.92 Å². The normalized spacial score (nSPS) is 10.3.